The number of hydrogen-bond acceptors (Lipinski definition) is 4. The fourth-order valence-corrected chi connectivity index (χ4v) is 5.74. The van der Waals surface area contributed by atoms with E-state index in [0.29, 0.717) is 28.6 Å². The number of amides is 2. The van der Waals surface area contributed by atoms with Crippen LogP contribution in [0.1, 0.15) is 32.8 Å². The summed E-state index contributed by atoms with van der Waals surface area (Å²) in [6.07, 6.45) is 0.318. The molecule has 0 aromatic heterocycles. The van der Waals surface area contributed by atoms with Gasteiger partial charge in [0.25, 0.3) is 0 Å². The molecule has 204 valence electrons. The van der Waals surface area contributed by atoms with Crippen molar-refractivity contribution in [3.8, 4) is 0 Å². The number of likely N-dealkylation sites (N-methyl/N-ethyl adjacent to an activating group) is 1. The highest BCUT2D eigenvalue weighted by atomic mass is 35.5. The Hall–Kier alpha value is -2.65. The number of fused-ring (bicyclic) bond motifs is 1. The Morgan fingerprint density at radius 2 is 1.58 bits per heavy atom. The zero-order chi connectivity index (χ0) is 28.0. The first-order valence-electron chi connectivity index (χ1n) is 12.4. The molecule has 7 nitrogen and oxygen atoms in total. The topological polar surface area (TPSA) is 86.8 Å². The van der Waals surface area contributed by atoms with Gasteiger partial charge in [-0.15, -0.1) is 0 Å². The molecule has 0 heterocycles. The molecule has 0 aliphatic carbocycles. The summed E-state index contributed by atoms with van der Waals surface area (Å²) >= 11 is 12.8. The van der Waals surface area contributed by atoms with Crippen LogP contribution in [-0.4, -0.2) is 55.6 Å². The normalized spacial score (nSPS) is 12.6. The number of nitrogens with one attached hydrogen (secondary N) is 1. The Labute approximate surface area is 234 Å². The maximum atomic E-state index is 13.7. The molecule has 0 radical (unpaired) electrons. The summed E-state index contributed by atoms with van der Waals surface area (Å²) in [5.41, 5.74) is 0.485. The Kier molecular flexibility index (Phi) is 10.2. The number of halogens is 2. The van der Waals surface area contributed by atoms with Crippen LogP contribution in [0.5, 0.6) is 0 Å². The lowest BCUT2D eigenvalue weighted by atomic mass is 10.1. The minimum atomic E-state index is -3.99. The quantitative estimate of drug-likeness (QED) is 0.333. The molecule has 1 unspecified atom stereocenters. The van der Waals surface area contributed by atoms with Crippen LogP contribution in [0.3, 0.4) is 0 Å². The standard InChI is InChI=1S/C28H33Cl2N3O4S/c1-5-26(28(35)31-16-19(2)3)33(17-23-24(29)11-8-12-25(23)30)27(34)18-32(4)38(36,37)22-14-13-20-9-6-7-10-21(20)15-22/h6-15,19,26H,5,16-18H2,1-4H3,(H,31,35). The summed E-state index contributed by atoms with van der Waals surface area (Å²) < 4.78 is 27.8. The number of hydrogen-bond donors (Lipinski definition) is 1. The van der Waals surface area contributed by atoms with E-state index in [9.17, 15) is 18.0 Å². The fraction of sp³-hybridized carbons (Fsp3) is 0.357. The highest BCUT2D eigenvalue weighted by Crippen LogP contribution is 2.27. The Bertz CT molecular complexity index is 1390. The van der Waals surface area contributed by atoms with Crippen LogP contribution < -0.4 is 5.32 Å². The van der Waals surface area contributed by atoms with Crippen LogP contribution >= 0.6 is 23.2 Å². The third kappa shape index (κ3) is 7.05. The molecular formula is C28H33Cl2N3O4S. The molecule has 0 spiro atoms. The van der Waals surface area contributed by atoms with Crippen molar-refractivity contribution in [1.29, 1.82) is 0 Å². The third-order valence-electron chi connectivity index (χ3n) is 6.25. The molecule has 0 saturated heterocycles. The minimum Gasteiger partial charge on any atom is -0.354 e. The Morgan fingerprint density at radius 1 is 0.947 bits per heavy atom. The molecule has 0 aliphatic heterocycles. The van der Waals surface area contributed by atoms with Gasteiger partial charge in [0.05, 0.1) is 11.4 Å². The first-order valence-corrected chi connectivity index (χ1v) is 14.6. The van der Waals surface area contributed by atoms with Gasteiger partial charge in [-0.25, -0.2) is 8.42 Å². The van der Waals surface area contributed by atoms with E-state index in [4.69, 9.17) is 23.2 Å². The summed E-state index contributed by atoms with van der Waals surface area (Å²) in [5.74, 6) is -0.644. The number of carbonyl (C=O) groups excluding carboxylic acids is 2. The average molecular weight is 579 g/mol. The zero-order valence-corrected chi connectivity index (χ0v) is 24.3. The highest BCUT2D eigenvalue weighted by Gasteiger charge is 2.32. The Balaban J connectivity index is 1.91. The molecule has 0 aliphatic rings. The monoisotopic (exact) mass is 577 g/mol. The van der Waals surface area contributed by atoms with Crippen LogP contribution in [-0.2, 0) is 26.2 Å². The second-order valence-electron chi connectivity index (χ2n) is 9.55. The maximum absolute atomic E-state index is 13.7. The molecule has 3 aromatic carbocycles. The van der Waals surface area contributed by atoms with Gasteiger partial charge in [-0.05, 0) is 47.4 Å². The number of nitrogens with zero attached hydrogens (tertiary/aromatic N) is 2. The van der Waals surface area contributed by atoms with Crippen molar-refractivity contribution < 1.29 is 18.0 Å². The van der Waals surface area contributed by atoms with Crippen molar-refractivity contribution in [3.05, 3.63) is 76.3 Å². The van der Waals surface area contributed by atoms with Crippen LogP contribution in [0.2, 0.25) is 10.0 Å². The van der Waals surface area contributed by atoms with E-state index in [1.54, 1.807) is 37.3 Å². The molecule has 38 heavy (non-hydrogen) atoms. The predicted octanol–water partition coefficient (Wildman–Crippen LogP) is 5.35. The molecule has 2 amide bonds. The largest absolute Gasteiger partial charge is 0.354 e. The minimum absolute atomic E-state index is 0.0468. The summed E-state index contributed by atoms with van der Waals surface area (Å²) in [5, 5.41) is 5.27. The van der Waals surface area contributed by atoms with E-state index in [2.05, 4.69) is 5.32 Å². The summed E-state index contributed by atoms with van der Waals surface area (Å²) in [6, 6.07) is 16.4. The molecule has 1 N–H and O–H groups in total. The van der Waals surface area contributed by atoms with Gasteiger partial charge in [0.2, 0.25) is 21.8 Å². The van der Waals surface area contributed by atoms with Gasteiger partial charge in [0.15, 0.2) is 0 Å². The van der Waals surface area contributed by atoms with Crippen molar-refractivity contribution in [2.75, 3.05) is 20.1 Å². The molecule has 3 rings (SSSR count). The van der Waals surface area contributed by atoms with E-state index < -0.39 is 28.5 Å². The average Bonchev–Trinajstić information content (AvgIpc) is 2.88. The lowest BCUT2D eigenvalue weighted by Crippen LogP contribution is -2.52. The molecule has 0 fully saturated rings. The lowest BCUT2D eigenvalue weighted by Gasteiger charge is -2.32. The van der Waals surface area contributed by atoms with Crippen molar-refractivity contribution in [3.63, 3.8) is 0 Å². The number of carbonyl (C=O) groups is 2. The second kappa shape index (κ2) is 12.9. The first-order chi connectivity index (χ1) is 17.9. The van der Waals surface area contributed by atoms with Crippen molar-refractivity contribution in [2.24, 2.45) is 5.92 Å². The Morgan fingerprint density at radius 3 is 2.18 bits per heavy atom. The smallest absolute Gasteiger partial charge is 0.243 e. The molecule has 3 aromatic rings. The second-order valence-corrected chi connectivity index (χ2v) is 12.4. The summed E-state index contributed by atoms with van der Waals surface area (Å²) in [4.78, 5) is 28.2. The van der Waals surface area contributed by atoms with Crippen LogP contribution in [0.4, 0.5) is 0 Å². The predicted molar refractivity (Wildman–Crippen MR) is 153 cm³/mol. The van der Waals surface area contributed by atoms with Gasteiger partial charge in [-0.2, -0.15) is 4.31 Å². The van der Waals surface area contributed by atoms with Gasteiger partial charge < -0.3 is 10.2 Å². The van der Waals surface area contributed by atoms with Gasteiger partial charge in [0, 0.05) is 35.7 Å². The highest BCUT2D eigenvalue weighted by molar-refractivity contribution is 7.89. The molecule has 0 saturated carbocycles. The summed E-state index contributed by atoms with van der Waals surface area (Å²) in [6.45, 7) is 5.67. The van der Waals surface area contributed by atoms with E-state index in [1.807, 2.05) is 38.1 Å². The van der Waals surface area contributed by atoms with Gasteiger partial charge >= 0.3 is 0 Å². The first kappa shape index (κ1) is 29.9. The van der Waals surface area contributed by atoms with E-state index >= 15 is 0 Å². The summed E-state index contributed by atoms with van der Waals surface area (Å²) in [7, 11) is -2.64. The number of rotatable bonds is 11. The van der Waals surface area contributed by atoms with E-state index in [1.165, 1.54) is 18.0 Å². The zero-order valence-electron chi connectivity index (χ0n) is 21.9. The van der Waals surface area contributed by atoms with Gasteiger partial charge in [-0.1, -0.05) is 80.4 Å². The van der Waals surface area contributed by atoms with E-state index in [0.717, 1.165) is 15.1 Å². The SMILES string of the molecule is CCC(C(=O)NCC(C)C)N(Cc1c(Cl)cccc1Cl)C(=O)CN(C)S(=O)(=O)c1ccc2ccccc2c1. The van der Waals surface area contributed by atoms with Gasteiger partial charge in [0.1, 0.15) is 6.04 Å². The molecule has 0 bridgehead atoms. The third-order valence-corrected chi connectivity index (χ3v) is 8.76. The van der Waals surface area contributed by atoms with Crippen molar-refractivity contribution in [2.45, 2.75) is 44.7 Å². The fourth-order valence-electron chi connectivity index (χ4n) is 4.07. The van der Waals surface area contributed by atoms with Crippen molar-refractivity contribution in [1.82, 2.24) is 14.5 Å². The molecular weight excluding hydrogens is 545 g/mol. The van der Waals surface area contributed by atoms with Crippen LogP contribution in [0.15, 0.2) is 65.6 Å². The molecule has 10 heteroatoms. The maximum Gasteiger partial charge on any atom is 0.243 e. The lowest BCUT2D eigenvalue weighted by molar-refractivity contribution is -0.141. The van der Waals surface area contributed by atoms with Crippen molar-refractivity contribution >= 4 is 55.8 Å². The van der Waals surface area contributed by atoms with Gasteiger partial charge in [-0.3, -0.25) is 9.59 Å². The molecule has 1 atom stereocenters. The number of benzene rings is 3. The van der Waals surface area contributed by atoms with Crippen LogP contribution in [0.25, 0.3) is 10.8 Å². The number of sulfonamides is 1. The van der Waals surface area contributed by atoms with E-state index in [-0.39, 0.29) is 23.3 Å². The van der Waals surface area contributed by atoms with Crippen LogP contribution in [0, 0.1) is 5.92 Å².